The van der Waals surface area contributed by atoms with Gasteiger partial charge in [0.15, 0.2) is 0 Å². The molecule has 2 nitrogen and oxygen atoms in total. The zero-order valence-electron chi connectivity index (χ0n) is 10.1. The Kier molecular flexibility index (Phi) is 2.65. The summed E-state index contributed by atoms with van der Waals surface area (Å²) in [5, 5.41) is 2.44. The predicted molar refractivity (Wildman–Crippen MR) is 70.4 cm³/mol. The molecule has 1 aliphatic heterocycles. The van der Waals surface area contributed by atoms with E-state index in [0.717, 1.165) is 5.46 Å². The average molecular weight is 226 g/mol. The molecular formula is C14H15BO2. The van der Waals surface area contributed by atoms with Crippen molar-refractivity contribution in [1.29, 1.82) is 0 Å². The van der Waals surface area contributed by atoms with E-state index in [1.54, 1.807) is 0 Å². The van der Waals surface area contributed by atoms with Gasteiger partial charge in [0, 0.05) is 0 Å². The third kappa shape index (κ3) is 1.86. The van der Waals surface area contributed by atoms with Crippen molar-refractivity contribution in [2.75, 3.05) is 0 Å². The maximum absolute atomic E-state index is 5.85. The lowest BCUT2D eigenvalue weighted by molar-refractivity contribution is 0.187. The van der Waals surface area contributed by atoms with E-state index in [-0.39, 0.29) is 19.3 Å². The number of benzene rings is 2. The van der Waals surface area contributed by atoms with E-state index in [1.807, 2.05) is 12.1 Å². The van der Waals surface area contributed by atoms with Crippen molar-refractivity contribution in [2.24, 2.45) is 0 Å². The van der Waals surface area contributed by atoms with Gasteiger partial charge in [0.1, 0.15) is 0 Å². The minimum absolute atomic E-state index is 0.152. The number of hydrogen-bond donors (Lipinski definition) is 0. The van der Waals surface area contributed by atoms with Crippen LogP contribution in [-0.4, -0.2) is 19.3 Å². The molecule has 2 aromatic rings. The van der Waals surface area contributed by atoms with Crippen molar-refractivity contribution in [2.45, 2.75) is 26.1 Å². The molecule has 0 bridgehead atoms. The van der Waals surface area contributed by atoms with Crippen LogP contribution in [0.4, 0.5) is 0 Å². The monoisotopic (exact) mass is 226 g/mol. The first-order valence-electron chi connectivity index (χ1n) is 6.04. The van der Waals surface area contributed by atoms with E-state index in [1.165, 1.54) is 10.8 Å². The maximum atomic E-state index is 5.85. The Morgan fingerprint density at radius 3 is 2.29 bits per heavy atom. The first kappa shape index (κ1) is 10.8. The zero-order valence-corrected chi connectivity index (χ0v) is 10.1. The highest BCUT2D eigenvalue weighted by Gasteiger charge is 2.36. The van der Waals surface area contributed by atoms with Gasteiger partial charge in [0.25, 0.3) is 0 Å². The van der Waals surface area contributed by atoms with Gasteiger partial charge in [-0.1, -0.05) is 42.5 Å². The van der Waals surface area contributed by atoms with Crippen molar-refractivity contribution in [1.82, 2.24) is 0 Å². The highest BCUT2D eigenvalue weighted by Crippen LogP contribution is 2.19. The molecular weight excluding hydrogens is 211 g/mol. The molecule has 0 aliphatic carbocycles. The van der Waals surface area contributed by atoms with Crippen LogP contribution in [0.2, 0.25) is 0 Å². The number of hydrogen-bond acceptors (Lipinski definition) is 2. The fraction of sp³-hybridized carbons (Fsp3) is 0.286. The van der Waals surface area contributed by atoms with Crippen molar-refractivity contribution in [3.63, 3.8) is 0 Å². The second-order valence-corrected chi connectivity index (χ2v) is 4.58. The first-order chi connectivity index (χ1) is 8.25. The van der Waals surface area contributed by atoms with Gasteiger partial charge in [-0.25, -0.2) is 0 Å². The summed E-state index contributed by atoms with van der Waals surface area (Å²) in [6.45, 7) is 4.10. The van der Waals surface area contributed by atoms with Crippen LogP contribution in [0.1, 0.15) is 13.8 Å². The molecule has 3 heteroatoms. The molecule has 1 heterocycles. The molecule has 0 unspecified atom stereocenters. The van der Waals surface area contributed by atoms with E-state index < -0.39 is 0 Å². The van der Waals surface area contributed by atoms with E-state index in [9.17, 15) is 0 Å². The normalized spacial score (nSPS) is 24.5. The molecule has 2 aromatic carbocycles. The molecule has 1 saturated heterocycles. The van der Waals surface area contributed by atoms with Crippen LogP contribution in [0.5, 0.6) is 0 Å². The topological polar surface area (TPSA) is 18.5 Å². The van der Waals surface area contributed by atoms with Gasteiger partial charge in [0.05, 0.1) is 12.2 Å². The predicted octanol–water partition coefficient (Wildman–Crippen LogP) is 2.36. The summed E-state index contributed by atoms with van der Waals surface area (Å²) >= 11 is 0. The molecule has 0 spiro atoms. The summed E-state index contributed by atoms with van der Waals surface area (Å²) in [7, 11) is -0.230. The first-order valence-corrected chi connectivity index (χ1v) is 6.04. The van der Waals surface area contributed by atoms with Crippen LogP contribution in [0.25, 0.3) is 10.8 Å². The van der Waals surface area contributed by atoms with Crippen LogP contribution in [0.15, 0.2) is 42.5 Å². The fourth-order valence-corrected chi connectivity index (χ4v) is 2.25. The van der Waals surface area contributed by atoms with Gasteiger partial charge in [0.2, 0.25) is 0 Å². The van der Waals surface area contributed by atoms with E-state index in [4.69, 9.17) is 9.31 Å². The van der Waals surface area contributed by atoms with Crippen molar-refractivity contribution in [3.8, 4) is 0 Å². The lowest BCUT2D eigenvalue weighted by Gasteiger charge is -2.08. The molecule has 2 atom stereocenters. The summed E-state index contributed by atoms with van der Waals surface area (Å²) < 4.78 is 11.7. The van der Waals surface area contributed by atoms with Crippen LogP contribution in [0, 0.1) is 0 Å². The van der Waals surface area contributed by atoms with E-state index >= 15 is 0 Å². The molecule has 0 radical (unpaired) electrons. The van der Waals surface area contributed by atoms with Crippen LogP contribution in [-0.2, 0) is 9.31 Å². The highest BCUT2D eigenvalue weighted by atomic mass is 16.7. The molecule has 1 aliphatic rings. The Morgan fingerprint density at radius 1 is 0.882 bits per heavy atom. The quantitative estimate of drug-likeness (QED) is 0.695. The summed E-state index contributed by atoms with van der Waals surface area (Å²) in [6, 6.07) is 14.6. The van der Waals surface area contributed by atoms with E-state index in [0.29, 0.717) is 0 Å². The standard InChI is InChI=1S/C14H15BO2/c1-10-11(2)17-15(16-10)14-9-5-7-12-6-3-4-8-13(12)14/h3-11H,1-2H3/t10-,11-/m0/s1. The number of fused-ring (bicyclic) bond motifs is 1. The fourth-order valence-electron chi connectivity index (χ4n) is 2.25. The Bertz CT molecular complexity index is 525. The number of rotatable bonds is 1. The minimum atomic E-state index is -0.230. The maximum Gasteiger partial charge on any atom is 0.495 e. The van der Waals surface area contributed by atoms with Crippen LogP contribution < -0.4 is 5.46 Å². The summed E-state index contributed by atoms with van der Waals surface area (Å²) in [6.07, 6.45) is 0.304. The molecule has 0 N–H and O–H groups in total. The third-order valence-corrected chi connectivity index (χ3v) is 3.41. The second-order valence-electron chi connectivity index (χ2n) is 4.58. The SMILES string of the molecule is C[C@@H]1OB(c2cccc3ccccc23)O[C@H]1C. The zero-order chi connectivity index (χ0) is 11.8. The molecule has 0 amide bonds. The minimum Gasteiger partial charge on any atom is -0.402 e. The van der Waals surface area contributed by atoms with Gasteiger partial charge < -0.3 is 9.31 Å². The lowest BCUT2D eigenvalue weighted by Crippen LogP contribution is -2.33. The lowest BCUT2D eigenvalue weighted by atomic mass is 9.76. The van der Waals surface area contributed by atoms with Crippen LogP contribution in [0.3, 0.4) is 0 Å². The van der Waals surface area contributed by atoms with Crippen molar-refractivity contribution < 1.29 is 9.31 Å². The van der Waals surface area contributed by atoms with Gasteiger partial charge in [-0.15, -0.1) is 0 Å². The van der Waals surface area contributed by atoms with Gasteiger partial charge >= 0.3 is 7.12 Å². The smallest absolute Gasteiger partial charge is 0.402 e. The highest BCUT2D eigenvalue weighted by molar-refractivity contribution is 6.64. The molecule has 0 saturated carbocycles. The molecule has 0 aromatic heterocycles. The van der Waals surface area contributed by atoms with Crippen molar-refractivity contribution in [3.05, 3.63) is 42.5 Å². The summed E-state index contributed by atoms with van der Waals surface area (Å²) in [5.74, 6) is 0. The van der Waals surface area contributed by atoms with Crippen LogP contribution >= 0.6 is 0 Å². The molecule has 86 valence electrons. The molecule has 1 fully saturated rings. The molecule has 3 rings (SSSR count). The summed E-state index contributed by atoms with van der Waals surface area (Å²) in [4.78, 5) is 0. The Hall–Kier alpha value is -1.32. The average Bonchev–Trinajstić information content (AvgIpc) is 2.69. The van der Waals surface area contributed by atoms with Gasteiger partial charge in [-0.05, 0) is 30.1 Å². The third-order valence-electron chi connectivity index (χ3n) is 3.41. The van der Waals surface area contributed by atoms with Gasteiger partial charge in [-0.3, -0.25) is 0 Å². The largest absolute Gasteiger partial charge is 0.495 e. The molecule has 17 heavy (non-hydrogen) atoms. The Morgan fingerprint density at radius 2 is 1.53 bits per heavy atom. The Balaban J connectivity index is 2.06. The van der Waals surface area contributed by atoms with E-state index in [2.05, 4.69) is 44.2 Å². The second kappa shape index (κ2) is 4.17. The Labute approximate surface area is 102 Å². The van der Waals surface area contributed by atoms with Gasteiger partial charge in [-0.2, -0.15) is 0 Å². The summed E-state index contributed by atoms with van der Waals surface area (Å²) in [5.41, 5.74) is 1.12. The van der Waals surface area contributed by atoms with Crippen molar-refractivity contribution >= 4 is 23.4 Å².